The Labute approximate surface area is 292 Å². The zero-order chi connectivity index (χ0) is 34.0. The first-order valence-electron chi connectivity index (χ1n) is 17.6. The molecule has 0 heterocycles. The number of aromatic hydroxyl groups is 1. The molecular weight excluding hydrogens is 597 g/mol. The second-order valence-electron chi connectivity index (χ2n) is 13.9. The summed E-state index contributed by atoms with van der Waals surface area (Å²) in [5.74, 6) is 0.355. The molecule has 1 fully saturated rings. The van der Waals surface area contributed by atoms with E-state index in [1.54, 1.807) is 0 Å². The zero-order valence-electron chi connectivity index (χ0n) is 29.2. The molecule has 6 aromatic carbocycles. The highest BCUT2D eigenvalue weighted by Crippen LogP contribution is 2.50. The molecule has 0 spiro atoms. The van der Waals surface area contributed by atoms with Gasteiger partial charge >= 0.3 is 0 Å². The van der Waals surface area contributed by atoms with Gasteiger partial charge in [-0.3, -0.25) is 0 Å². The molecule has 7 rings (SSSR count). The Morgan fingerprint density at radius 3 is 1.10 bits per heavy atom. The van der Waals surface area contributed by atoms with Crippen molar-refractivity contribution in [2.45, 2.75) is 65.2 Å². The molecule has 1 saturated carbocycles. The molecule has 0 unspecified atom stereocenters. The van der Waals surface area contributed by atoms with Gasteiger partial charge in [-0.2, -0.15) is 0 Å². The molecule has 1 aliphatic carbocycles. The summed E-state index contributed by atoms with van der Waals surface area (Å²) in [6.45, 7) is 8.48. The van der Waals surface area contributed by atoms with Gasteiger partial charge in [0, 0.05) is 51.2 Å². The number of phenols is 1. The van der Waals surface area contributed by atoms with E-state index in [9.17, 15) is 5.11 Å². The van der Waals surface area contributed by atoms with Crippen molar-refractivity contribution < 1.29 is 5.11 Å². The minimum absolute atomic E-state index is 0.253. The van der Waals surface area contributed by atoms with Gasteiger partial charge in [0.1, 0.15) is 5.75 Å². The van der Waals surface area contributed by atoms with E-state index >= 15 is 0 Å². The number of hydrogen-bond donors (Lipinski definition) is 1. The molecule has 0 bridgehead atoms. The van der Waals surface area contributed by atoms with Crippen LogP contribution in [0.25, 0.3) is 0 Å². The van der Waals surface area contributed by atoms with Crippen LogP contribution in [-0.4, -0.2) is 5.11 Å². The number of rotatable bonds is 8. The average Bonchev–Trinajstić information content (AvgIpc) is 3.12. The molecule has 6 aromatic rings. The third kappa shape index (κ3) is 6.58. The molecule has 3 heteroatoms. The van der Waals surface area contributed by atoms with Gasteiger partial charge in [-0.15, -0.1) is 0 Å². The first kappa shape index (κ1) is 32.3. The molecule has 0 aliphatic heterocycles. The SMILES string of the molecule is Cc1ccc(N(c2ccc(C)cc2)c2ccc(C3(c4ccc(N(c5ccc(C)cc5)c5ccc(C)cc5)cc4O)CCCCC3)cc2)cc1. The zero-order valence-corrected chi connectivity index (χ0v) is 29.2. The van der Waals surface area contributed by atoms with E-state index < -0.39 is 0 Å². The van der Waals surface area contributed by atoms with Crippen molar-refractivity contribution in [1.82, 2.24) is 0 Å². The number of nitrogens with zero attached hydrogens (tertiary/aromatic N) is 2. The van der Waals surface area contributed by atoms with Crippen LogP contribution < -0.4 is 9.80 Å². The van der Waals surface area contributed by atoms with Gasteiger partial charge in [0.2, 0.25) is 0 Å². The number of benzene rings is 6. The maximum Gasteiger partial charge on any atom is 0.121 e. The minimum atomic E-state index is -0.253. The van der Waals surface area contributed by atoms with Crippen molar-refractivity contribution in [2.24, 2.45) is 0 Å². The summed E-state index contributed by atoms with van der Waals surface area (Å²) in [5.41, 5.74) is 13.4. The Hall–Kier alpha value is -5.28. The van der Waals surface area contributed by atoms with Crippen molar-refractivity contribution in [3.05, 3.63) is 173 Å². The number of phenolic OH excluding ortho intramolecular Hbond substituents is 1. The lowest BCUT2D eigenvalue weighted by atomic mass is 9.65. The molecule has 0 amide bonds. The standard InChI is InChI=1S/C46H46N2O/c1-33-8-18-38(19-9-33)47(39-20-10-34(2)11-21-39)42-26-16-37(17-27-42)46(30-6-5-7-31-46)44-29-28-43(32-45(44)49)48(40-22-12-35(3)13-23-40)41-24-14-36(4)15-25-41/h8-29,32,49H,5-7,30-31H2,1-4H3. The smallest absolute Gasteiger partial charge is 0.121 e. The lowest BCUT2D eigenvalue weighted by Gasteiger charge is -2.39. The van der Waals surface area contributed by atoms with Crippen LogP contribution in [0.1, 0.15) is 65.5 Å². The molecule has 0 atom stereocenters. The van der Waals surface area contributed by atoms with Gasteiger partial charge < -0.3 is 14.9 Å². The molecule has 0 radical (unpaired) electrons. The van der Waals surface area contributed by atoms with E-state index in [2.05, 4.69) is 171 Å². The summed E-state index contributed by atoms with van der Waals surface area (Å²) in [6, 6.07) is 50.1. The minimum Gasteiger partial charge on any atom is -0.508 e. The molecule has 3 nitrogen and oxygen atoms in total. The fourth-order valence-corrected chi connectivity index (χ4v) is 7.53. The first-order chi connectivity index (χ1) is 23.8. The molecule has 0 aromatic heterocycles. The fourth-order valence-electron chi connectivity index (χ4n) is 7.53. The summed E-state index contributed by atoms with van der Waals surface area (Å²) in [4.78, 5) is 4.56. The number of hydrogen-bond acceptors (Lipinski definition) is 3. The van der Waals surface area contributed by atoms with Gasteiger partial charge in [-0.05, 0) is 113 Å². The van der Waals surface area contributed by atoms with E-state index in [0.717, 1.165) is 65.4 Å². The van der Waals surface area contributed by atoms with Crippen LogP contribution >= 0.6 is 0 Å². The van der Waals surface area contributed by atoms with Crippen LogP contribution in [0.5, 0.6) is 5.75 Å². The molecule has 246 valence electrons. The largest absolute Gasteiger partial charge is 0.508 e. The summed E-state index contributed by atoms with van der Waals surface area (Å²) in [5, 5.41) is 12.0. The van der Waals surface area contributed by atoms with Crippen LogP contribution in [0.15, 0.2) is 140 Å². The Balaban J connectivity index is 1.28. The average molecular weight is 643 g/mol. The molecule has 1 N–H and O–H groups in total. The molecular formula is C46H46N2O. The molecule has 1 aliphatic rings. The van der Waals surface area contributed by atoms with E-state index in [-0.39, 0.29) is 5.41 Å². The van der Waals surface area contributed by atoms with E-state index in [1.165, 1.54) is 34.2 Å². The van der Waals surface area contributed by atoms with Crippen molar-refractivity contribution in [2.75, 3.05) is 9.80 Å². The Morgan fingerprint density at radius 2 is 0.735 bits per heavy atom. The van der Waals surface area contributed by atoms with Gasteiger partial charge in [0.15, 0.2) is 0 Å². The predicted molar refractivity (Wildman–Crippen MR) is 207 cm³/mol. The summed E-state index contributed by atoms with van der Waals surface area (Å²) in [6.07, 6.45) is 5.53. The monoisotopic (exact) mass is 642 g/mol. The van der Waals surface area contributed by atoms with Gasteiger partial charge in [-0.1, -0.05) is 108 Å². The highest BCUT2D eigenvalue weighted by molar-refractivity contribution is 5.79. The first-order valence-corrected chi connectivity index (χ1v) is 17.6. The highest BCUT2D eigenvalue weighted by atomic mass is 16.3. The van der Waals surface area contributed by atoms with Gasteiger partial charge in [0.05, 0.1) is 0 Å². The second-order valence-corrected chi connectivity index (χ2v) is 13.9. The Morgan fingerprint density at radius 1 is 0.408 bits per heavy atom. The quantitative estimate of drug-likeness (QED) is 0.179. The van der Waals surface area contributed by atoms with Crippen LogP contribution in [0, 0.1) is 27.7 Å². The topological polar surface area (TPSA) is 26.7 Å². The lowest BCUT2D eigenvalue weighted by molar-refractivity contribution is 0.332. The van der Waals surface area contributed by atoms with Crippen molar-refractivity contribution in [3.63, 3.8) is 0 Å². The Bertz CT molecular complexity index is 1910. The molecule has 49 heavy (non-hydrogen) atoms. The summed E-state index contributed by atoms with van der Waals surface area (Å²) in [7, 11) is 0. The maximum atomic E-state index is 12.0. The fraction of sp³-hybridized carbons (Fsp3) is 0.217. The summed E-state index contributed by atoms with van der Waals surface area (Å²) >= 11 is 0. The summed E-state index contributed by atoms with van der Waals surface area (Å²) < 4.78 is 0. The lowest BCUT2D eigenvalue weighted by Crippen LogP contribution is -2.30. The predicted octanol–water partition coefficient (Wildman–Crippen LogP) is 12.8. The van der Waals surface area contributed by atoms with Crippen LogP contribution in [0.4, 0.5) is 34.1 Å². The van der Waals surface area contributed by atoms with E-state index in [1.807, 2.05) is 6.07 Å². The molecule has 0 saturated heterocycles. The number of aryl methyl sites for hydroxylation is 4. The highest BCUT2D eigenvalue weighted by Gasteiger charge is 2.38. The normalized spacial score (nSPS) is 14.0. The van der Waals surface area contributed by atoms with Crippen LogP contribution in [0.3, 0.4) is 0 Å². The third-order valence-corrected chi connectivity index (χ3v) is 10.3. The van der Waals surface area contributed by atoms with E-state index in [4.69, 9.17) is 0 Å². The van der Waals surface area contributed by atoms with Crippen LogP contribution in [-0.2, 0) is 5.41 Å². The van der Waals surface area contributed by atoms with Crippen molar-refractivity contribution in [1.29, 1.82) is 0 Å². The Kier molecular flexibility index (Phi) is 9.01. The third-order valence-electron chi connectivity index (χ3n) is 10.3. The number of anilines is 6. The van der Waals surface area contributed by atoms with Crippen molar-refractivity contribution in [3.8, 4) is 5.75 Å². The van der Waals surface area contributed by atoms with Gasteiger partial charge in [-0.25, -0.2) is 0 Å². The van der Waals surface area contributed by atoms with Crippen molar-refractivity contribution >= 4 is 34.1 Å². The maximum absolute atomic E-state index is 12.0. The van der Waals surface area contributed by atoms with E-state index in [0.29, 0.717) is 5.75 Å². The second kappa shape index (κ2) is 13.7. The van der Waals surface area contributed by atoms with Crippen LogP contribution in [0.2, 0.25) is 0 Å². The van der Waals surface area contributed by atoms with Gasteiger partial charge in [0.25, 0.3) is 0 Å².